The Morgan fingerprint density at radius 3 is 2.35 bits per heavy atom. The molecule has 2 nitrogen and oxygen atoms in total. The Bertz CT molecular complexity index is 315. The van der Waals surface area contributed by atoms with Crippen LogP contribution in [0, 0.1) is 13.8 Å². The molecule has 0 saturated carbocycles. The zero-order valence-corrected chi connectivity index (χ0v) is 11.5. The Balaban J connectivity index is 2.36. The van der Waals surface area contributed by atoms with Crippen LogP contribution in [0.1, 0.15) is 37.8 Å². The Morgan fingerprint density at radius 2 is 1.76 bits per heavy atom. The second-order valence-corrected chi connectivity index (χ2v) is 4.79. The van der Waals surface area contributed by atoms with Crippen molar-refractivity contribution in [1.29, 1.82) is 0 Å². The van der Waals surface area contributed by atoms with Gasteiger partial charge in [0.25, 0.3) is 0 Å². The summed E-state index contributed by atoms with van der Waals surface area (Å²) in [4.78, 5) is 0. The van der Waals surface area contributed by atoms with Crippen molar-refractivity contribution in [2.45, 2.75) is 46.6 Å². The van der Waals surface area contributed by atoms with Crippen LogP contribution in [-0.2, 0) is 0 Å². The van der Waals surface area contributed by atoms with Gasteiger partial charge in [-0.15, -0.1) is 0 Å². The number of ether oxygens (including phenoxy) is 1. The van der Waals surface area contributed by atoms with Crippen molar-refractivity contribution in [3.05, 3.63) is 29.3 Å². The molecule has 1 aromatic rings. The molecule has 17 heavy (non-hydrogen) atoms. The molecule has 0 saturated heterocycles. The van der Waals surface area contributed by atoms with Gasteiger partial charge in [-0.05, 0) is 70.0 Å². The van der Waals surface area contributed by atoms with Gasteiger partial charge >= 0.3 is 0 Å². The molecular weight excluding hydrogens is 210 g/mol. The van der Waals surface area contributed by atoms with Gasteiger partial charge in [0, 0.05) is 0 Å². The minimum Gasteiger partial charge on any atom is -0.491 e. The minimum absolute atomic E-state index is 0.264. The summed E-state index contributed by atoms with van der Waals surface area (Å²) in [5.74, 6) is 0.991. The van der Waals surface area contributed by atoms with Crippen molar-refractivity contribution >= 4 is 0 Å². The Labute approximate surface area is 105 Å². The quantitative estimate of drug-likeness (QED) is 0.731. The molecule has 1 aromatic carbocycles. The molecule has 1 atom stereocenters. The van der Waals surface area contributed by atoms with Crippen molar-refractivity contribution in [2.75, 3.05) is 13.1 Å². The summed E-state index contributed by atoms with van der Waals surface area (Å²) in [6.45, 7) is 10.6. The maximum absolute atomic E-state index is 5.92. The van der Waals surface area contributed by atoms with Crippen LogP contribution in [0.5, 0.6) is 5.75 Å². The van der Waals surface area contributed by atoms with Crippen LogP contribution in [0.25, 0.3) is 0 Å². The van der Waals surface area contributed by atoms with E-state index in [-0.39, 0.29) is 6.10 Å². The standard InChI is InChI=1S/C15H25NO/c1-5-7-16-8-6-14(4)17-15-10-12(2)9-13(3)11-15/h9-11,14,16H,5-8H2,1-4H3. The Hall–Kier alpha value is -1.02. The summed E-state index contributed by atoms with van der Waals surface area (Å²) in [6.07, 6.45) is 2.50. The molecule has 2 heteroatoms. The van der Waals surface area contributed by atoms with E-state index in [0.717, 1.165) is 25.3 Å². The third-order valence-corrected chi connectivity index (χ3v) is 2.69. The highest BCUT2D eigenvalue weighted by atomic mass is 16.5. The molecule has 0 aliphatic carbocycles. The Morgan fingerprint density at radius 1 is 1.12 bits per heavy atom. The lowest BCUT2D eigenvalue weighted by molar-refractivity contribution is 0.210. The smallest absolute Gasteiger partial charge is 0.120 e. The van der Waals surface area contributed by atoms with Gasteiger partial charge in [-0.3, -0.25) is 0 Å². The fraction of sp³-hybridized carbons (Fsp3) is 0.600. The van der Waals surface area contributed by atoms with Crippen LogP contribution < -0.4 is 10.1 Å². The molecule has 0 spiro atoms. The normalized spacial score (nSPS) is 12.5. The first-order chi connectivity index (χ1) is 8.11. The molecule has 0 heterocycles. The molecule has 96 valence electrons. The average Bonchev–Trinajstić information content (AvgIpc) is 2.23. The molecule has 0 bridgehead atoms. The molecule has 0 aliphatic rings. The Kier molecular flexibility index (Phi) is 6.06. The van der Waals surface area contributed by atoms with E-state index in [1.165, 1.54) is 17.5 Å². The summed E-state index contributed by atoms with van der Waals surface area (Å²) in [7, 11) is 0. The predicted molar refractivity (Wildman–Crippen MR) is 73.8 cm³/mol. The summed E-state index contributed by atoms with van der Waals surface area (Å²) in [5.41, 5.74) is 2.52. The molecule has 1 unspecified atom stereocenters. The van der Waals surface area contributed by atoms with E-state index < -0.39 is 0 Å². The van der Waals surface area contributed by atoms with E-state index in [4.69, 9.17) is 4.74 Å². The molecule has 0 aliphatic heterocycles. The first-order valence-electron chi connectivity index (χ1n) is 6.57. The number of hydrogen-bond acceptors (Lipinski definition) is 2. The van der Waals surface area contributed by atoms with Gasteiger partial charge in [0.1, 0.15) is 5.75 Å². The summed E-state index contributed by atoms with van der Waals surface area (Å²) in [5, 5.41) is 3.39. The maximum Gasteiger partial charge on any atom is 0.120 e. The topological polar surface area (TPSA) is 21.3 Å². The van der Waals surface area contributed by atoms with Gasteiger partial charge in [0.15, 0.2) is 0 Å². The fourth-order valence-corrected chi connectivity index (χ4v) is 1.90. The lowest BCUT2D eigenvalue weighted by atomic mass is 10.1. The number of benzene rings is 1. The lowest BCUT2D eigenvalue weighted by Gasteiger charge is -2.16. The van der Waals surface area contributed by atoms with E-state index in [0.29, 0.717) is 0 Å². The van der Waals surface area contributed by atoms with Crippen LogP contribution in [-0.4, -0.2) is 19.2 Å². The van der Waals surface area contributed by atoms with Gasteiger partial charge in [-0.2, -0.15) is 0 Å². The highest BCUT2D eigenvalue weighted by Gasteiger charge is 2.04. The van der Waals surface area contributed by atoms with Crippen LogP contribution in [0.2, 0.25) is 0 Å². The SMILES string of the molecule is CCCNCCC(C)Oc1cc(C)cc(C)c1. The molecule has 1 N–H and O–H groups in total. The van der Waals surface area contributed by atoms with Crippen molar-refractivity contribution in [1.82, 2.24) is 5.32 Å². The second kappa shape index (κ2) is 7.33. The first kappa shape index (κ1) is 14.0. The number of nitrogens with one attached hydrogen (secondary N) is 1. The van der Waals surface area contributed by atoms with E-state index in [1.54, 1.807) is 0 Å². The van der Waals surface area contributed by atoms with E-state index in [2.05, 4.69) is 51.2 Å². The third-order valence-electron chi connectivity index (χ3n) is 2.69. The van der Waals surface area contributed by atoms with Crippen LogP contribution in [0.15, 0.2) is 18.2 Å². The third kappa shape index (κ3) is 5.73. The molecular formula is C15H25NO. The fourth-order valence-electron chi connectivity index (χ4n) is 1.90. The largest absolute Gasteiger partial charge is 0.491 e. The molecule has 0 amide bonds. The zero-order valence-electron chi connectivity index (χ0n) is 11.5. The predicted octanol–water partition coefficient (Wildman–Crippen LogP) is 3.46. The number of aryl methyl sites for hydroxylation is 2. The average molecular weight is 235 g/mol. The number of rotatable bonds is 7. The summed E-state index contributed by atoms with van der Waals surface area (Å²) >= 11 is 0. The van der Waals surface area contributed by atoms with Crippen molar-refractivity contribution < 1.29 is 4.74 Å². The lowest BCUT2D eigenvalue weighted by Crippen LogP contribution is -2.22. The molecule has 0 radical (unpaired) electrons. The monoisotopic (exact) mass is 235 g/mol. The summed E-state index contributed by atoms with van der Waals surface area (Å²) in [6, 6.07) is 6.37. The molecule has 0 fully saturated rings. The van der Waals surface area contributed by atoms with E-state index >= 15 is 0 Å². The van der Waals surface area contributed by atoms with Gasteiger partial charge in [-0.25, -0.2) is 0 Å². The molecule has 0 aromatic heterocycles. The van der Waals surface area contributed by atoms with Crippen LogP contribution in [0.3, 0.4) is 0 Å². The van der Waals surface area contributed by atoms with Crippen molar-refractivity contribution in [3.8, 4) is 5.75 Å². The minimum atomic E-state index is 0.264. The van der Waals surface area contributed by atoms with Gasteiger partial charge < -0.3 is 10.1 Å². The molecule has 1 rings (SSSR count). The maximum atomic E-state index is 5.92. The van der Waals surface area contributed by atoms with E-state index in [9.17, 15) is 0 Å². The van der Waals surface area contributed by atoms with Gasteiger partial charge in [-0.1, -0.05) is 13.0 Å². The van der Waals surface area contributed by atoms with Crippen molar-refractivity contribution in [2.24, 2.45) is 0 Å². The highest BCUT2D eigenvalue weighted by Crippen LogP contribution is 2.18. The number of hydrogen-bond donors (Lipinski definition) is 1. The second-order valence-electron chi connectivity index (χ2n) is 4.79. The van der Waals surface area contributed by atoms with Crippen molar-refractivity contribution in [3.63, 3.8) is 0 Å². The first-order valence-corrected chi connectivity index (χ1v) is 6.57. The van der Waals surface area contributed by atoms with Crippen LogP contribution >= 0.6 is 0 Å². The van der Waals surface area contributed by atoms with E-state index in [1.807, 2.05) is 0 Å². The van der Waals surface area contributed by atoms with Gasteiger partial charge in [0.05, 0.1) is 6.10 Å². The summed E-state index contributed by atoms with van der Waals surface area (Å²) < 4.78 is 5.92. The highest BCUT2D eigenvalue weighted by molar-refractivity contribution is 5.33. The van der Waals surface area contributed by atoms with Crippen LogP contribution in [0.4, 0.5) is 0 Å². The van der Waals surface area contributed by atoms with Gasteiger partial charge in [0.2, 0.25) is 0 Å². The zero-order chi connectivity index (χ0) is 12.7.